The van der Waals surface area contributed by atoms with Crippen molar-refractivity contribution < 1.29 is 18.7 Å². The normalized spacial score (nSPS) is 33.8. The van der Waals surface area contributed by atoms with Crippen molar-refractivity contribution in [3.8, 4) is 5.88 Å². The molecule has 2 aliphatic heterocycles. The quantitative estimate of drug-likeness (QED) is 0.777. The number of ether oxygens (including phenoxy) is 2. The number of hydrogen-bond acceptors (Lipinski definition) is 4. The van der Waals surface area contributed by atoms with E-state index in [9.17, 15) is 9.18 Å². The SMILES string of the molecule is CC1(C(=O)N2CC[C@]3(C[C@@H](Oc4ncccc4F)CO3)C2)CC=CCC1. The van der Waals surface area contributed by atoms with Crippen molar-refractivity contribution in [2.24, 2.45) is 5.41 Å². The number of allylic oxidation sites excluding steroid dienone is 2. The van der Waals surface area contributed by atoms with Crippen molar-refractivity contribution >= 4 is 5.91 Å². The number of carbonyl (C=O) groups is 1. The average Bonchev–Trinajstić information content (AvgIpc) is 3.24. The molecule has 1 aliphatic carbocycles. The number of likely N-dealkylation sites (tertiary alicyclic amines) is 1. The molecule has 1 unspecified atom stereocenters. The average molecular weight is 360 g/mol. The lowest BCUT2D eigenvalue weighted by Crippen LogP contribution is -2.44. The lowest BCUT2D eigenvalue weighted by atomic mass is 9.78. The summed E-state index contributed by atoms with van der Waals surface area (Å²) >= 11 is 0. The highest BCUT2D eigenvalue weighted by atomic mass is 19.1. The Bertz CT molecular complexity index is 725. The molecular formula is C20H25FN2O3. The highest BCUT2D eigenvalue weighted by molar-refractivity contribution is 5.83. The van der Waals surface area contributed by atoms with E-state index in [0.717, 1.165) is 25.7 Å². The lowest BCUT2D eigenvalue weighted by Gasteiger charge is -2.34. The molecule has 1 aromatic heterocycles. The van der Waals surface area contributed by atoms with Gasteiger partial charge in [0.15, 0.2) is 5.82 Å². The Morgan fingerprint density at radius 2 is 2.31 bits per heavy atom. The van der Waals surface area contributed by atoms with Gasteiger partial charge in [-0.05, 0) is 37.8 Å². The molecule has 3 heterocycles. The van der Waals surface area contributed by atoms with Crippen LogP contribution in [0.25, 0.3) is 0 Å². The second-order valence-corrected chi connectivity index (χ2v) is 7.98. The topological polar surface area (TPSA) is 51.7 Å². The summed E-state index contributed by atoms with van der Waals surface area (Å²) in [5, 5.41) is 0. The zero-order chi connectivity index (χ0) is 18.2. The minimum absolute atomic E-state index is 0.0191. The first-order chi connectivity index (χ1) is 12.5. The highest BCUT2D eigenvalue weighted by Gasteiger charge is 2.50. The summed E-state index contributed by atoms with van der Waals surface area (Å²) in [5.41, 5.74) is -0.668. The maximum Gasteiger partial charge on any atom is 0.250 e. The van der Waals surface area contributed by atoms with Crippen LogP contribution in [-0.2, 0) is 9.53 Å². The molecule has 3 atom stereocenters. The number of nitrogens with zero attached hydrogens (tertiary/aromatic N) is 2. The lowest BCUT2D eigenvalue weighted by molar-refractivity contribution is -0.141. The molecule has 0 saturated carbocycles. The number of amides is 1. The zero-order valence-corrected chi connectivity index (χ0v) is 15.1. The van der Waals surface area contributed by atoms with Gasteiger partial charge < -0.3 is 14.4 Å². The van der Waals surface area contributed by atoms with Gasteiger partial charge in [-0.3, -0.25) is 4.79 Å². The van der Waals surface area contributed by atoms with Crippen LogP contribution >= 0.6 is 0 Å². The Balaban J connectivity index is 1.38. The van der Waals surface area contributed by atoms with E-state index >= 15 is 0 Å². The number of aromatic nitrogens is 1. The largest absolute Gasteiger partial charge is 0.470 e. The molecule has 1 amide bonds. The second kappa shape index (κ2) is 6.65. The van der Waals surface area contributed by atoms with Crippen molar-refractivity contribution in [2.75, 3.05) is 19.7 Å². The molecule has 3 aliphatic rings. The van der Waals surface area contributed by atoms with Gasteiger partial charge in [-0.1, -0.05) is 19.1 Å². The van der Waals surface area contributed by atoms with E-state index in [2.05, 4.69) is 24.1 Å². The molecule has 2 fully saturated rings. The molecule has 6 heteroatoms. The maximum atomic E-state index is 13.7. The van der Waals surface area contributed by atoms with Crippen LogP contribution in [0.3, 0.4) is 0 Å². The fraction of sp³-hybridized carbons (Fsp3) is 0.600. The smallest absolute Gasteiger partial charge is 0.250 e. The summed E-state index contributed by atoms with van der Waals surface area (Å²) in [5.74, 6) is -0.219. The van der Waals surface area contributed by atoms with Gasteiger partial charge in [0, 0.05) is 25.7 Å². The van der Waals surface area contributed by atoms with E-state index in [1.807, 2.05) is 4.90 Å². The second-order valence-electron chi connectivity index (χ2n) is 7.98. The van der Waals surface area contributed by atoms with Crippen molar-refractivity contribution in [2.45, 2.75) is 50.7 Å². The molecule has 4 rings (SSSR count). The Kier molecular flexibility index (Phi) is 4.47. The number of rotatable bonds is 3. The standard InChI is InChI=1S/C20H25FN2O3/c1-19(7-3-2-4-8-19)18(24)23-11-9-20(14-23)12-15(13-25-20)26-17-16(21)6-5-10-22-17/h2-3,5-6,10,15H,4,7-9,11-14H2,1H3/t15-,19?,20+/m1/s1. The number of hydrogen-bond donors (Lipinski definition) is 0. The molecule has 1 aromatic rings. The van der Waals surface area contributed by atoms with Gasteiger partial charge in [-0.15, -0.1) is 0 Å². The van der Waals surface area contributed by atoms with Crippen LogP contribution in [0.1, 0.15) is 39.0 Å². The molecule has 0 N–H and O–H groups in total. The monoisotopic (exact) mass is 360 g/mol. The van der Waals surface area contributed by atoms with E-state index < -0.39 is 5.82 Å². The van der Waals surface area contributed by atoms with Gasteiger partial charge in [0.2, 0.25) is 5.91 Å². The van der Waals surface area contributed by atoms with Crippen molar-refractivity contribution in [3.05, 3.63) is 36.3 Å². The summed E-state index contributed by atoms with van der Waals surface area (Å²) in [6.45, 7) is 3.77. The molecule has 0 aromatic carbocycles. The van der Waals surface area contributed by atoms with E-state index in [-0.39, 0.29) is 28.9 Å². The zero-order valence-electron chi connectivity index (χ0n) is 15.1. The third kappa shape index (κ3) is 3.22. The van der Waals surface area contributed by atoms with E-state index in [0.29, 0.717) is 26.1 Å². The summed E-state index contributed by atoms with van der Waals surface area (Å²) in [6.07, 6.45) is 9.67. The Morgan fingerprint density at radius 3 is 3.08 bits per heavy atom. The maximum absolute atomic E-state index is 13.7. The molecule has 2 saturated heterocycles. The summed E-state index contributed by atoms with van der Waals surface area (Å²) in [6, 6.07) is 2.87. The van der Waals surface area contributed by atoms with Gasteiger partial charge in [-0.2, -0.15) is 0 Å². The van der Waals surface area contributed by atoms with Crippen LogP contribution in [0.2, 0.25) is 0 Å². The Hall–Kier alpha value is -1.95. The third-order valence-corrected chi connectivity index (χ3v) is 5.90. The molecule has 140 valence electrons. The minimum Gasteiger partial charge on any atom is -0.470 e. The predicted octanol–water partition coefficient (Wildman–Crippen LogP) is 3.11. The molecule has 5 nitrogen and oxygen atoms in total. The first-order valence-electron chi connectivity index (χ1n) is 9.35. The van der Waals surface area contributed by atoms with Gasteiger partial charge in [0.05, 0.1) is 17.6 Å². The fourth-order valence-electron chi connectivity index (χ4n) is 4.34. The molecular weight excluding hydrogens is 335 g/mol. The van der Waals surface area contributed by atoms with Crippen molar-refractivity contribution in [1.29, 1.82) is 0 Å². The third-order valence-electron chi connectivity index (χ3n) is 5.90. The predicted molar refractivity (Wildman–Crippen MR) is 94.2 cm³/mol. The van der Waals surface area contributed by atoms with Gasteiger partial charge in [0.25, 0.3) is 5.88 Å². The van der Waals surface area contributed by atoms with E-state index in [1.54, 1.807) is 0 Å². The number of carbonyl (C=O) groups excluding carboxylic acids is 1. The van der Waals surface area contributed by atoms with E-state index in [1.165, 1.54) is 18.3 Å². The minimum atomic E-state index is -0.463. The number of pyridine rings is 1. The van der Waals surface area contributed by atoms with Gasteiger partial charge in [-0.25, -0.2) is 9.37 Å². The fourth-order valence-corrected chi connectivity index (χ4v) is 4.34. The van der Waals surface area contributed by atoms with Crippen LogP contribution in [0.5, 0.6) is 5.88 Å². The summed E-state index contributed by atoms with van der Waals surface area (Å²) in [7, 11) is 0. The van der Waals surface area contributed by atoms with Crippen LogP contribution in [0, 0.1) is 11.2 Å². The van der Waals surface area contributed by atoms with Crippen molar-refractivity contribution in [1.82, 2.24) is 9.88 Å². The number of halogens is 1. The van der Waals surface area contributed by atoms with Crippen molar-refractivity contribution in [3.63, 3.8) is 0 Å². The van der Waals surface area contributed by atoms with Gasteiger partial charge in [0.1, 0.15) is 6.10 Å². The molecule has 26 heavy (non-hydrogen) atoms. The van der Waals surface area contributed by atoms with Crippen LogP contribution in [0.4, 0.5) is 4.39 Å². The summed E-state index contributed by atoms with van der Waals surface area (Å²) in [4.78, 5) is 18.9. The molecule has 0 bridgehead atoms. The highest BCUT2D eigenvalue weighted by Crippen LogP contribution is 2.40. The Labute approximate surface area is 153 Å². The summed E-state index contributed by atoms with van der Waals surface area (Å²) < 4.78 is 25.5. The Morgan fingerprint density at radius 1 is 1.42 bits per heavy atom. The molecule has 1 spiro atoms. The van der Waals surface area contributed by atoms with Crippen LogP contribution in [-0.4, -0.2) is 47.2 Å². The van der Waals surface area contributed by atoms with Crippen LogP contribution < -0.4 is 4.74 Å². The molecule has 0 radical (unpaired) electrons. The van der Waals surface area contributed by atoms with E-state index in [4.69, 9.17) is 9.47 Å². The first kappa shape index (κ1) is 17.5. The first-order valence-corrected chi connectivity index (χ1v) is 9.35. The van der Waals surface area contributed by atoms with Gasteiger partial charge >= 0.3 is 0 Å². The van der Waals surface area contributed by atoms with Crippen LogP contribution in [0.15, 0.2) is 30.5 Å².